The molecule has 2 aromatic heterocycles. The van der Waals surface area contributed by atoms with Crippen LogP contribution in [0.5, 0.6) is 23.1 Å². The molecule has 0 radical (unpaired) electrons. The van der Waals surface area contributed by atoms with Crippen LogP contribution in [0.3, 0.4) is 0 Å². The minimum atomic E-state index is -0.553. The Hall–Kier alpha value is -4.47. The molecule has 9 nitrogen and oxygen atoms in total. The summed E-state index contributed by atoms with van der Waals surface area (Å²) in [7, 11) is 3.22. The molecule has 0 amide bonds. The van der Waals surface area contributed by atoms with Gasteiger partial charge in [-0.1, -0.05) is 30.3 Å². The Morgan fingerprint density at radius 2 is 1.68 bits per heavy atom. The Morgan fingerprint density at radius 1 is 0.854 bits per heavy atom. The van der Waals surface area contributed by atoms with Gasteiger partial charge in [-0.2, -0.15) is 5.10 Å². The van der Waals surface area contributed by atoms with E-state index in [1.54, 1.807) is 14.2 Å². The third-order valence-electron chi connectivity index (χ3n) is 6.61. The molecule has 212 valence electrons. The number of aromatic nitrogens is 4. The summed E-state index contributed by atoms with van der Waals surface area (Å²) in [5, 5.41) is 5.65. The van der Waals surface area contributed by atoms with Crippen LogP contribution in [0.25, 0.3) is 27.8 Å². The Balaban J connectivity index is 1.52. The van der Waals surface area contributed by atoms with E-state index in [2.05, 4.69) is 16.0 Å². The number of rotatable bonds is 12. The molecule has 0 aliphatic carbocycles. The highest BCUT2D eigenvalue weighted by Crippen LogP contribution is 2.37. The van der Waals surface area contributed by atoms with E-state index < -0.39 is 5.60 Å². The monoisotopic (exact) mass is 554 g/mol. The second kappa shape index (κ2) is 12.4. The van der Waals surface area contributed by atoms with E-state index in [1.165, 1.54) is 6.33 Å². The van der Waals surface area contributed by atoms with Gasteiger partial charge in [0.1, 0.15) is 24.3 Å². The number of fused-ring (bicyclic) bond motifs is 1. The van der Waals surface area contributed by atoms with Crippen molar-refractivity contribution in [3.63, 3.8) is 0 Å². The predicted molar refractivity (Wildman–Crippen MR) is 157 cm³/mol. The molecule has 0 spiro atoms. The van der Waals surface area contributed by atoms with E-state index in [4.69, 9.17) is 28.8 Å². The van der Waals surface area contributed by atoms with Gasteiger partial charge in [0, 0.05) is 25.3 Å². The molecule has 0 unspecified atom stereocenters. The van der Waals surface area contributed by atoms with E-state index in [1.807, 2.05) is 92.2 Å². The maximum atomic E-state index is 6.33. The van der Waals surface area contributed by atoms with Gasteiger partial charge in [-0.05, 0) is 57.2 Å². The second-order valence-corrected chi connectivity index (χ2v) is 9.78. The lowest BCUT2D eigenvalue weighted by atomic mass is 10.0. The molecule has 3 aromatic carbocycles. The first kappa shape index (κ1) is 28.1. The van der Waals surface area contributed by atoms with E-state index in [0.29, 0.717) is 53.9 Å². The molecule has 2 heterocycles. The van der Waals surface area contributed by atoms with Gasteiger partial charge in [0.05, 0.1) is 41.7 Å². The standard InChI is InChI=1S/C32H34N4O5/c1-6-40-32(2,3)30-20-27(36(35-30)23-12-8-7-9-13-23)22-11-10-14-24(17-22)41-31-25-18-28(38-5)29(39-16-15-37-4)19-26(25)33-21-34-31/h7-14,17-21H,6,15-16H2,1-5H3. The second-order valence-electron chi connectivity index (χ2n) is 9.78. The van der Waals surface area contributed by atoms with Gasteiger partial charge in [0.15, 0.2) is 11.5 Å². The van der Waals surface area contributed by atoms with Crippen LogP contribution in [0, 0.1) is 0 Å². The third kappa shape index (κ3) is 6.16. The van der Waals surface area contributed by atoms with E-state index >= 15 is 0 Å². The van der Waals surface area contributed by atoms with E-state index in [-0.39, 0.29) is 0 Å². The van der Waals surface area contributed by atoms with Crippen molar-refractivity contribution in [2.24, 2.45) is 0 Å². The molecule has 0 aliphatic rings. The zero-order valence-corrected chi connectivity index (χ0v) is 24.0. The van der Waals surface area contributed by atoms with Gasteiger partial charge in [-0.25, -0.2) is 14.6 Å². The summed E-state index contributed by atoms with van der Waals surface area (Å²) in [4.78, 5) is 8.84. The van der Waals surface area contributed by atoms with Crippen molar-refractivity contribution in [1.82, 2.24) is 19.7 Å². The van der Waals surface area contributed by atoms with E-state index in [0.717, 1.165) is 22.6 Å². The van der Waals surface area contributed by atoms with Gasteiger partial charge < -0.3 is 23.7 Å². The molecular formula is C32H34N4O5. The molecule has 0 N–H and O–H groups in total. The Labute approximate surface area is 239 Å². The van der Waals surface area contributed by atoms with Crippen molar-refractivity contribution in [2.75, 3.05) is 34.0 Å². The maximum absolute atomic E-state index is 6.33. The predicted octanol–water partition coefficient (Wildman–Crippen LogP) is 6.58. The minimum absolute atomic E-state index is 0.391. The summed E-state index contributed by atoms with van der Waals surface area (Å²) >= 11 is 0. The fraction of sp³-hybridized carbons (Fsp3) is 0.281. The van der Waals surface area contributed by atoms with Crippen LogP contribution in [-0.2, 0) is 15.1 Å². The normalized spacial score (nSPS) is 11.5. The molecule has 41 heavy (non-hydrogen) atoms. The minimum Gasteiger partial charge on any atom is -0.493 e. The fourth-order valence-corrected chi connectivity index (χ4v) is 4.54. The van der Waals surface area contributed by atoms with Crippen molar-refractivity contribution in [3.8, 4) is 40.1 Å². The average molecular weight is 555 g/mol. The molecule has 0 atom stereocenters. The van der Waals surface area contributed by atoms with Crippen molar-refractivity contribution >= 4 is 10.9 Å². The molecule has 5 aromatic rings. The Morgan fingerprint density at radius 3 is 2.44 bits per heavy atom. The van der Waals surface area contributed by atoms with Gasteiger partial charge >= 0.3 is 0 Å². The highest BCUT2D eigenvalue weighted by molar-refractivity contribution is 5.87. The maximum Gasteiger partial charge on any atom is 0.230 e. The van der Waals surface area contributed by atoms with Crippen molar-refractivity contribution in [1.29, 1.82) is 0 Å². The first-order valence-electron chi connectivity index (χ1n) is 13.5. The van der Waals surface area contributed by atoms with Crippen LogP contribution in [0.4, 0.5) is 0 Å². The van der Waals surface area contributed by atoms with Gasteiger partial charge in [-0.3, -0.25) is 0 Å². The topological polar surface area (TPSA) is 89.8 Å². The van der Waals surface area contributed by atoms with Gasteiger partial charge in [0.2, 0.25) is 5.88 Å². The summed E-state index contributed by atoms with van der Waals surface area (Å²) in [5.74, 6) is 2.15. The summed E-state index contributed by atoms with van der Waals surface area (Å²) in [6.07, 6.45) is 1.47. The highest BCUT2D eigenvalue weighted by Gasteiger charge is 2.26. The Kier molecular flexibility index (Phi) is 8.47. The number of hydrogen-bond donors (Lipinski definition) is 0. The molecule has 0 saturated heterocycles. The number of para-hydroxylation sites is 1. The zero-order chi connectivity index (χ0) is 28.8. The fourth-order valence-electron chi connectivity index (χ4n) is 4.54. The molecule has 5 rings (SSSR count). The first-order valence-corrected chi connectivity index (χ1v) is 13.5. The van der Waals surface area contributed by atoms with Crippen molar-refractivity contribution < 1.29 is 23.7 Å². The molecule has 0 aliphatic heterocycles. The average Bonchev–Trinajstić information content (AvgIpc) is 3.45. The van der Waals surface area contributed by atoms with Gasteiger partial charge in [0.25, 0.3) is 0 Å². The number of nitrogens with zero attached hydrogens (tertiary/aromatic N) is 4. The van der Waals surface area contributed by atoms with Crippen LogP contribution >= 0.6 is 0 Å². The molecular weight excluding hydrogens is 520 g/mol. The van der Waals surface area contributed by atoms with Crippen molar-refractivity contribution in [3.05, 3.63) is 84.8 Å². The largest absolute Gasteiger partial charge is 0.493 e. The lowest BCUT2D eigenvalue weighted by Gasteiger charge is -2.22. The quantitative estimate of drug-likeness (QED) is 0.160. The summed E-state index contributed by atoms with van der Waals surface area (Å²) in [5.41, 5.74) is 3.75. The van der Waals surface area contributed by atoms with Crippen molar-refractivity contribution in [2.45, 2.75) is 26.4 Å². The zero-order valence-electron chi connectivity index (χ0n) is 24.0. The molecule has 0 bridgehead atoms. The summed E-state index contributed by atoms with van der Waals surface area (Å²) < 4.78 is 30.8. The van der Waals surface area contributed by atoms with Crippen LogP contribution < -0.4 is 14.2 Å². The lowest BCUT2D eigenvalue weighted by Crippen LogP contribution is -2.22. The van der Waals surface area contributed by atoms with Gasteiger partial charge in [-0.15, -0.1) is 0 Å². The Bertz CT molecular complexity index is 1620. The number of hydrogen-bond acceptors (Lipinski definition) is 8. The molecule has 0 fully saturated rings. The summed E-state index contributed by atoms with van der Waals surface area (Å²) in [6, 6.07) is 23.6. The lowest BCUT2D eigenvalue weighted by molar-refractivity contribution is -0.0175. The number of methoxy groups -OCH3 is 2. The summed E-state index contributed by atoms with van der Waals surface area (Å²) in [6.45, 7) is 7.48. The molecule has 9 heteroatoms. The van der Waals surface area contributed by atoms with Crippen LogP contribution in [0.15, 0.2) is 79.1 Å². The molecule has 0 saturated carbocycles. The van der Waals surface area contributed by atoms with Crippen LogP contribution in [0.1, 0.15) is 26.5 Å². The smallest absolute Gasteiger partial charge is 0.230 e. The SMILES string of the molecule is CCOC(C)(C)c1cc(-c2cccc(Oc3ncnc4cc(OCCOC)c(OC)cc34)c2)n(-c2ccccc2)n1. The number of ether oxygens (including phenoxy) is 5. The third-order valence-corrected chi connectivity index (χ3v) is 6.61. The van der Waals surface area contributed by atoms with E-state index in [9.17, 15) is 0 Å². The van der Waals surface area contributed by atoms with Crippen LogP contribution in [0.2, 0.25) is 0 Å². The highest BCUT2D eigenvalue weighted by atomic mass is 16.5. The van der Waals surface area contributed by atoms with Crippen LogP contribution in [-0.4, -0.2) is 53.8 Å². The first-order chi connectivity index (χ1) is 19.9. The number of benzene rings is 3.